The van der Waals surface area contributed by atoms with Crippen LogP contribution in [0.2, 0.25) is 0 Å². The van der Waals surface area contributed by atoms with Crippen LogP contribution in [-0.4, -0.2) is 69.7 Å². The molecule has 0 aliphatic carbocycles. The van der Waals surface area contributed by atoms with Gasteiger partial charge in [-0.3, -0.25) is 14.7 Å². The number of ether oxygens (including phenoxy) is 1. The molecule has 1 aromatic carbocycles. The zero-order chi connectivity index (χ0) is 24.9. The lowest BCUT2D eigenvalue weighted by Crippen LogP contribution is -2.49. The summed E-state index contributed by atoms with van der Waals surface area (Å²) in [4.78, 5) is 26.3. The number of fused-ring (bicyclic) bond motifs is 1. The van der Waals surface area contributed by atoms with Crippen molar-refractivity contribution in [2.45, 2.75) is 39.5 Å². The molecule has 184 valence electrons. The van der Waals surface area contributed by atoms with E-state index in [1.807, 2.05) is 56.3 Å². The van der Waals surface area contributed by atoms with Crippen molar-refractivity contribution in [3.8, 4) is 17.0 Å². The molecule has 1 amide bonds. The maximum atomic E-state index is 13.7. The summed E-state index contributed by atoms with van der Waals surface area (Å²) in [5.74, 6) is 0.218. The number of benzene rings is 1. The number of nitrogens with zero attached hydrogens (tertiary/aromatic N) is 4. The van der Waals surface area contributed by atoms with Crippen molar-refractivity contribution in [3.05, 3.63) is 77.7 Å². The Bertz CT molecular complexity index is 1150. The lowest BCUT2D eigenvalue weighted by molar-refractivity contribution is 0.0325. The minimum absolute atomic E-state index is 0.0406. The monoisotopic (exact) mass is 474 g/mol. The van der Waals surface area contributed by atoms with E-state index in [1.54, 1.807) is 23.5 Å². The number of rotatable bonds is 7. The van der Waals surface area contributed by atoms with E-state index >= 15 is 0 Å². The number of aliphatic hydroxyl groups excluding tert-OH is 1. The van der Waals surface area contributed by atoms with Crippen molar-refractivity contribution < 1.29 is 14.6 Å². The fourth-order valence-corrected chi connectivity index (χ4v) is 4.54. The molecular formula is C28H34N4O3. The third-order valence-electron chi connectivity index (χ3n) is 6.67. The van der Waals surface area contributed by atoms with Crippen molar-refractivity contribution in [2.24, 2.45) is 5.92 Å². The van der Waals surface area contributed by atoms with Crippen molar-refractivity contribution in [1.82, 2.24) is 19.8 Å². The number of likely N-dealkylation sites (N-methyl/N-ethyl adjacent to an activating group) is 1. The Kier molecular flexibility index (Phi) is 7.78. The van der Waals surface area contributed by atoms with Gasteiger partial charge in [0.2, 0.25) is 5.88 Å². The third kappa shape index (κ3) is 5.69. The number of carbonyl (C=O) groups is 1. The molecule has 7 heteroatoms. The molecule has 1 aliphatic heterocycles. The molecule has 4 rings (SSSR count). The largest absolute Gasteiger partial charge is 0.472 e. The van der Waals surface area contributed by atoms with Gasteiger partial charge in [0.05, 0.1) is 12.6 Å². The first-order chi connectivity index (χ1) is 16.9. The Morgan fingerprint density at radius 1 is 1.20 bits per heavy atom. The van der Waals surface area contributed by atoms with E-state index in [9.17, 15) is 9.90 Å². The molecule has 3 aromatic rings. The topological polar surface area (TPSA) is 78.8 Å². The van der Waals surface area contributed by atoms with Gasteiger partial charge >= 0.3 is 0 Å². The van der Waals surface area contributed by atoms with Crippen LogP contribution >= 0.6 is 0 Å². The van der Waals surface area contributed by atoms with Gasteiger partial charge in [-0.15, -0.1) is 0 Å². The minimum Gasteiger partial charge on any atom is -0.472 e. The highest BCUT2D eigenvalue weighted by Crippen LogP contribution is 2.31. The van der Waals surface area contributed by atoms with E-state index in [-0.39, 0.29) is 30.6 Å². The second-order valence-corrected chi connectivity index (χ2v) is 9.57. The van der Waals surface area contributed by atoms with Crippen LogP contribution in [0.3, 0.4) is 0 Å². The smallest absolute Gasteiger partial charge is 0.259 e. The summed E-state index contributed by atoms with van der Waals surface area (Å²) in [6.07, 6.45) is 5.19. The van der Waals surface area contributed by atoms with Crippen molar-refractivity contribution >= 4 is 5.91 Å². The molecule has 0 radical (unpaired) electrons. The van der Waals surface area contributed by atoms with Gasteiger partial charge in [-0.1, -0.05) is 31.2 Å². The van der Waals surface area contributed by atoms with Gasteiger partial charge in [-0.2, -0.15) is 0 Å². The summed E-state index contributed by atoms with van der Waals surface area (Å²) in [6, 6.07) is 13.6. The Labute approximate surface area is 207 Å². The SMILES string of the molecule is Cc1ccccc1-c1cnc2c(c1)C(=O)N([C@@H](C)CO)C[C@@H](C)[C@H](CN(C)Cc1ccncc1)O2. The zero-order valence-corrected chi connectivity index (χ0v) is 20.9. The van der Waals surface area contributed by atoms with Crippen LogP contribution in [0, 0.1) is 12.8 Å². The number of hydrogen-bond donors (Lipinski definition) is 1. The highest BCUT2D eigenvalue weighted by Gasteiger charge is 2.34. The van der Waals surface area contributed by atoms with Crippen LogP contribution < -0.4 is 4.74 Å². The minimum atomic E-state index is -0.312. The van der Waals surface area contributed by atoms with Gasteiger partial charge in [0, 0.05) is 49.7 Å². The predicted molar refractivity (Wildman–Crippen MR) is 136 cm³/mol. The second-order valence-electron chi connectivity index (χ2n) is 9.57. The molecular weight excluding hydrogens is 440 g/mol. The molecule has 0 unspecified atom stereocenters. The molecule has 7 nitrogen and oxygen atoms in total. The Balaban J connectivity index is 1.67. The number of pyridine rings is 2. The number of carbonyl (C=O) groups excluding carboxylic acids is 1. The summed E-state index contributed by atoms with van der Waals surface area (Å²) in [5, 5.41) is 9.89. The van der Waals surface area contributed by atoms with Crippen LogP contribution in [0.15, 0.2) is 61.1 Å². The quantitative estimate of drug-likeness (QED) is 0.561. The lowest BCUT2D eigenvalue weighted by atomic mass is 9.98. The second kappa shape index (κ2) is 11.0. The first kappa shape index (κ1) is 24.8. The zero-order valence-electron chi connectivity index (χ0n) is 20.9. The molecule has 0 saturated carbocycles. The molecule has 35 heavy (non-hydrogen) atoms. The Hall–Kier alpha value is -3.29. The fraction of sp³-hybridized carbons (Fsp3) is 0.393. The van der Waals surface area contributed by atoms with Crippen LogP contribution in [0.4, 0.5) is 0 Å². The number of amides is 1. The number of aliphatic hydroxyl groups is 1. The third-order valence-corrected chi connectivity index (χ3v) is 6.67. The molecule has 3 atom stereocenters. The van der Waals surface area contributed by atoms with Gasteiger partial charge < -0.3 is 14.7 Å². The van der Waals surface area contributed by atoms with Crippen molar-refractivity contribution in [1.29, 1.82) is 0 Å². The highest BCUT2D eigenvalue weighted by atomic mass is 16.5. The summed E-state index contributed by atoms with van der Waals surface area (Å²) < 4.78 is 6.44. The maximum Gasteiger partial charge on any atom is 0.259 e. The molecule has 0 saturated heterocycles. The number of hydrogen-bond acceptors (Lipinski definition) is 6. The van der Waals surface area contributed by atoms with Gasteiger partial charge in [-0.25, -0.2) is 4.98 Å². The molecule has 1 N–H and O–H groups in total. The van der Waals surface area contributed by atoms with Crippen LogP contribution in [-0.2, 0) is 6.54 Å². The number of aryl methyl sites for hydroxylation is 1. The summed E-state index contributed by atoms with van der Waals surface area (Å²) in [7, 11) is 2.06. The van der Waals surface area contributed by atoms with E-state index in [4.69, 9.17) is 4.74 Å². The van der Waals surface area contributed by atoms with E-state index in [1.165, 1.54) is 5.56 Å². The number of aromatic nitrogens is 2. The molecule has 2 aromatic heterocycles. The van der Waals surface area contributed by atoms with E-state index < -0.39 is 0 Å². The normalized spacial score (nSPS) is 19.0. The van der Waals surface area contributed by atoms with E-state index in [2.05, 4.69) is 28.8 Å². The van der Waals surface area contributed by atoms with E-state index in [0.717, 1.165) is 23.2 Å². The van der Waals surface area contributed by atoms with Crippen LogP contribution in [0.1, 0.15) is 35.3 Å². The molecule has 0 fully saturated rings. The lowest BCUT2D eigenvalue weighted by Gasteiger charge is -2.37. The molecule has 0 bridgehead atoms. The Morgan fingerprint density at radius 3 is 2.66 bits per heavy atom. The van der Waals surface area contributed by atoms with Crippen molar-refractivity contribution in [3.63, 3.8) is 0 Å². The Morgan fingerprint density at radius 2 is 1.94 bits per heavy atom. The van der Waals surface area contributed by atoms with E-state index in [0.29, 0.717) is 24.5 Å². The van der Waals surface area contributed by atoms with Gasteiger partial charge in [0.1, 0.15) is 11.7 Å². The van der Waals surface area contributed by atoms with Crippen LogP contribution in [0.25, 0.3) is 11.1 Å². The molecule has 0 spiro atoms. The van der Waals surface area contributed by atoms with Gasteiger partial charge in [0.15, 0.2) is 0 Å². The van der Waals surface area contributed by atoms with Crippen LogP contribution in [0.5, 0.6) is 5.88 Å². The van der Waals surface area contributed by atoms with Crippen molar-refractivity contribution in [2.75, 3.05) is 26.7 Å². The average molecular weight is 475 g/mol. The fourth-order valence-electron chi connectivity index (χ4n) is 4.54. The first-order valence-electron chi connectivity index (χ1n) is 12.1. The maximum absolute atomic E-state index is 13.7. The van der Waals surface area contributed by atoms with Gasteiger partial charge in [-0.05, 0) is 55.8 Å². The summed E-state index contributed by atoms with van der Waals surface area (Å²) in [6.45, 7) is 7.81. The average Bonchev–Trinajstić information content (AvgIpc) is 2.86. The highest BCUT2D eigenvalue weighted by molar-refractivity contribution is 5.98. The first-order valence-corrected chi connectivity index (χ1v) is 12.1. The molecule has 1 aliphatic rings. The summed E-state index contributed by atoms with van der Waals surface area (Å²) >= 11 is 0. The molecule has 3 heterocycles. The van der Waals surface area contributed by atoms with Gasteiger partial charge in [0.25, 0.3) is 5.91 Å². The predicted octanol–water partition coefficient (Wildman–Crippen LogP) is 3.80. The standard InChI is InChI=1S/C28H34N4O3/c1-19-7-5-6-8-24(19)23-13-25-27(30-14-23)35-26(17-31(4)16-22-9-11-29-12-10-22)20(2)15-32(28(25)34)21(3)18-33/h5-14,20-21,26,33H,15-18H2,1-4H3/t20-,21+,26+/m1/s1. The summed E-state index contributed by atoms with van der Waals surface area (Å²) in [5.41, 5.74) is 4.61.